The summed E-state index contributed by atoms with van der Waals surface area (Å²) < 4.78 is 5.01. The van der Waals surface area contributed by atoms with Crippen LogP contribution in [0.5, 0.6) is 5.75 Å². The Kier molecular flexibility index (Phi) is 2.56. The Labute approximate surface area is 107 Å². The Hall–Kier alpha value is -2.63. The van der Waals surface area contributed by atoms with Crippen molar-refractivity contribution in [1.29, 1.82) is 0 Å². The summed E-state index contributed by atoms with van der Waals surface area (Å²) in [5.41, 5.74) is 0.109. The molecule has 0 aliphatic heterocycles. The van der Waals surface area contributed by atoms with Gasteiger partial charge in [0.2, 0.25) is 0 Å². The van der Waals surface area contributed by atoms with E-state index in [0.717, 1.165) is 0 Å². The number of pyridine rings is 1. The number of aromatic hydroxyl groups is 1. The van der Waals surface area contributed by atoms with Gasteiger partial charge in [-0.3, -0.25) is 4.79 Å². The van der Waals surface area contributed by atoms with Gasteiger partial charge in [-0.05, 0) is 12.1 Å². The van der Waals surface area contributed by atoms with Crippen molar-refractivity contribution in [2.24, 2.45) is 0 Å². The highest BCUT2D eigenvalue weighted by molar-refractivity contribution is 5.90. The van der Waals surface area contributed by atoms with Crippen LogP contribution in [0.4, 0.5) is 0 Å². The van der Waals surface area contributed by atoms with E-state index in [9.17, 15) is 9.90 Å². The molecule has 2 N–H and O–H groups in total. The number of rotatable bonds is 2. The number of nitrogens with one attached hydrogen (secondary N) is 1. The first-order valence-electron chi connectivity index (χ1n) is 5.87. The maximum Gasteiger partial charge on any atom is 0.267 e. The number of hydrogen-bond acceptors (Lipinski definition) is 5. The Balaban J connectivity index is 2.31. The average molecular weight is 257 g/mol. The van der Waals surface area contributed by atoms with Gasteiger partial charge in [-0.15, -0.1) is 0 Å². The van der Waals surface area contributed by atoms with E-state index in [4.69, 9.17) is 4.52 Å². The predicted octanol–water partition coefficient (Wildman–Crippen LogP) is 1.85. The lowest BCUT2D eigenvalue weighted by Gasteiger charge is -2.03. The first kappa shape index (κ1) is 11.5. The summed E-state index contributed by atoms with van der Waals surface area (Å²) in [6.07, 6.45) is 0.593. The standard InChI is InChI=1S/C13H11N3O3/c1-2-9-15-13(19-16-9)10-11(17)7-5-3-4-6-8(7)14-12(10)18/h3-6H,2H2,1H3,(H2,14,17,18). The summed E-state index contributed by atoms with van der Waals surface area (Å²) in [6.45, 7) is 1.87. The number of aromatic amines is 1. The molecule has 0 spiro atoms. The number of benzene rings is 1. The van der Waals surface area contributed by atoms with E-state index in [2.05, 4.69) is 15.1 Å². The van der Waals surface area contributed by atoms with Crippen molar-refractivity contribution in [3.63, 3.8) is 0 Å². The summed E-state index contributed by atoms with van der Waals surface area (Å²) in [7, 11) is 0. The normalized spacial score (nSPS) is 11.0. The zero-order valence-corrected chi connectivity index (χ0v) is 10.2. The number of aromatic nitrogens is 3. The lowest BCUT2D eigenvalue weighted by molar-refractivity contribution is 0.418. The summed E-state index contributed by atoms with van der Waals surface area (Å²) in [5.74, 6) is 0.369. The lowest BCUT2D eigenvalue weighted by atomic mass is 10.1. The number of H-pyrrole nitrogens is 1. The first-order chi connectivity index (χ1) is 9.20. The van der Waals surface area contributed by atoms with Crippen LogP contribution in [0.25, 0.3) is 22.4 Å². The van der Waals surface area contributed by atoms with Crippen LogP contribution < -0.4 is 5.56 Å². The van der Waals surface area contributed by atoms with Gasteiger partial charge in [-0.2, -0.15) is 4.98 Å². The molecule has 6 heteroatoms. The highest BCUT2D eigenvalue weighted by Crippen LogP contribution is 2.30. The van der Waals surface area contributed by atoms with Crippen LogP contribution >= 0.6 is 0 Å². The first-order valence-corrected chi connectivity index (χ1v) is 5.87. The third-order valence-electron chi connectivity index (χ3n) is 2.89. The molecule has 0 atom stereocenters. The molecule has 0 unspecified atom stereocenters. The second kappa shape index (κ2) is 4.24. The summed E-state index contributed by atoms with van der Waals surface area (Å²) in [6, 6.07) is 6.97. The van der Waals surface area contributed by atoms with Gasteiger partial charge in [-0.1, -0.05) is 24.2 Å². The second-order valence-corrected chi connectivity index (χ2v) is 4.09. The van der Waals surface area contributed by atoms with E-state index in [1.165, 1.54) is 0 Å². The fourth-order valence-corrected chi connectivity index (χ4v) is 1.92. The van der Waals surface area contributed by atoms with E-state index in [1.54, 1.807) is 24.3 Å². The van der Waals surface area contributed by atoms with E-state index < -0.39 is 5.56 Å². The number of aryl methyl sites for hydroxylation is 1. The molecular formula is C13H11N3O3. The fraction of sp³-hybridized carbons (Fsp3) is 0.154. The van der Waals surface area contributed by atoms with Crippen LogP contribution in [0.1, 0.15) is 12.7 Å². The predicted molar refractivity (Wildman–Crippen MR) is 68.9 cm³/mol. The van der Waals surface area contributed by atoms with Crippen LogP contribution in [0.3, 0.4) is 0 Å². The zero-order valence-electron chi connectivity index (χ0n) is 10.2. The van der Waals surface area contributed by atoms with Gasteiger partial charge in [0.15, 0.2) is 5.82 Å². The molecule has 0 bridgehead atoms. The molecule has 96 valence electrons. The van der Waals surface area contributed by atoms with Crippen molar-refractivity contribution in [2.75, 3.05) is 0 Å². The second-order valence-electron chi connectivity index (χ2n) is 4.09. The van der Waals surface area contributed by atoms with Gasteiger partial charge in [-0.25, -0.2) is 0 Å². The monoisotopic (exact) mass is 257 g/mol. The smallest absolute Gasteiger partial charge is 0.267 e. The fourth-order valence-electron chi connectivity index (χ4n) is 1.92. The highest BCUT2D eigenvalue weighted by atomic mass is 16.5. The Morgan fingerprint density at radius 2 is 2.16 bits per heavy atom. The van der Waals surface area contributed by atoms with Crippen molar-refractivity contribution in [3.8, 4) is 17.2 Å². The molecule has 0 saturated heterocycles. The van der Waals surface area contributed by atoms with E-state index in [-0.39, 0.29) is 17.2 Å². The number of nitrogens with zero attached hydrogens (tertiary/aromatic N) is 2. The maximum absolute atomic E-state index is 12.0. The van der Waals surface area contributed by atoms with Gasteiger partial charge < -0.3 is 14.6 Å². The van der Waals surface area contributed by atoms with Crippen LogP contribution in [0, 0.1) is 0 Å². The molecule has 0 aliphatic rings. The highest BCUT2D eigenvalue weighted by Gasteiger charge is 2.19. The van der Waals surface area contributed by atoms with Gasteiger partial charge in [0.05, 0.1) is 5.52 Å². The minimum atomic E-state index is -0.456. The molecule has 0 radical (unpaired) electrons. The summed E-state index contributed by atoms with van der Waals surface area (Å²) in [4.78, 5) is 18.8. The SMILES string of the molecule is CCc1noc(-c2c(O)c3ccccc3[nH]c2=O)n1. The molecule has 1 aromatic carbocycles. The van der Waals surface area contributed by atoms with Gasteiger partial charge in [0.1, 0.15) is 11.3 Å². The molecule has 19 heavy (non-hydrogen) atoms. The third-order valence-corrected chi connectivity index (χ3v) is 2.89. The summed E-state index contributed by atoms with van der Waals surface area (Å²) in [5, 5.41) is 14.5. The molecule has 2 heterocycles. The minimum Gasteiger partial charge on any atom is -0.506 e. The van der Waals surface area contributed by atoms with Gasteiger partial charge >= 0.3 is 0 Å². The van der Waals surface area contributed by atoms with Crippen LogP contribution in [-0.2, 0) is 6.42 Å². The Morgan fingerprint density at radius 1 is 1.37 bits per heavy atom. The average Bonchev–Trinajstić information content (AvgIpc) is 2.87. The van der Waals surface area contributed by atoms with E-state index >= 15 is 0 Å². The van der Waals surface area contributed by atoms with Crippen LogP contribution in [0.2, 0.25) is 0 Å². The Bertz CT molecular complexity index is 804. The molecule has 0 aliphatic carbocycles. The maximum atomic E-state index is 12.0. The molecule has 3 aromatic rings. The molecule has 6 nitrogen and oxygen atoms in total. The Morgan fingerprint density at radius 3 is 2.89 bits per heavy atom. The van der Waals surface area contributed by atoms with Crippen molar-refractivity contribution in [2.45, 2.75) is 13.3 Å². The zero-order chi connectivity index (χ0) is 13.4. The van der Waals surface area contributed by atoms with Crippen molar-refractivity contribution < 1.29 is 9.63 Å². The molecular weight excluding hydrogens is 246 g/mol. The van der Waals surface area contributed by atoms with Gasteiger partial charge in [0, 0.05) is 11.8 Å². The lowest BCUT2D eigenvalue weighted by Crippen LogP contribution is -2.09. The number of para-hydroxylation sites is 1. The number of fused-ring (bicyclic) bond motifs is 1. The van der Waals surface area contributed by atoms with Crippen molar-refractivity contribution in [3.05, 3.63) is 40.4 Å². The van der Waals surface area contributed by atoms with E-state index in [0.29, 0.717) is 23.1 Å². The molecule has 3 rings (SSSR count). The van der Waals surface area contributed by atoms with Crippen LogP contribution in [0.15, 0.2) is 33.6 Å². The molecule has 0 fully saturated rings. The van der Waals surface area contributed by atoms with Gasteiger partial charge in [0.25, 0.3) is 11.4 Å². The van der Waals surface area contributed by atoms with Crippen LogP contribution in [-0.4, -0.2) is 20.2 Å². The topological polar surface area (TPSA) is 92.0 Å². The van der Waals surface area contributed by atoms with Crippen molar-refractivity contribution in [1.82, 2.24) is 15.1 Å². The van der Waals surface area contributed by atoms with E-state index in [1.807, 2.05) is 6.92 Å². The minimum absolute atomic E-state index is 0.00546. The van der Waals surface area contributed by atoms with Crippen molar-refractivity contribution >= 4 is 10.9 Å². The molecule has 2 aromatic heterocycles. The molecule has 0 amide bonds. The summed E-state index contributed by atoms with van der Waals surface area (Å²) >= 11 is 0. The largest absolute Gasteiger partial charge is 0.506 e. The molecule has 0 saturated carbocycles. The number of hydrogen-bond donors (Lipinski definition) is 2. The third kappa shape index (κ3) is 1.77. The quantitative estimate of drug-likeness (QED) is 0.730.